The highest BCUT2D eigenvalue weighted by Crippen LogP contribution is 2.32. The largest absolute Gasteiger partial charge is 0.417 e. The van der Waals surface area contributed by atoms with Crippen molar-refractivity contribution in [2.75, 3.05) is 0 Å². The summed E-state index contributed by atoms with van der Waals surface area (Å²) in [6, 6.07) is 8.00. The molecule has 26 heavy (non-hydrogen) atoms. The average Bonchev–Trinajstić information content (AvgIpc) is 2.99. The quantitative estimate of drug-likeness (QED) is 0.668. The summed E-state index contributed by atoms with van der Waals surface area (Å²) in [6.45, 7) is 0. The number of hydrogen-bond donors (Lipinski definition) is 1. The molecule has 136 valence electrons. The van der Waals surface area contributed by atoms with E-state index in [-0.39, 0.29) is 20.7 Å². The van der Waals surface area contributed by atoms with Crippen LogP contribution in [0.15, 0.2) is 58.2 Å². The number of imidazole rings is 1. The third-order valence-electron chi connectivity index (χ3n) is 3.35. The average molecular weight is 448 g/mol. The first-order chi connectivity index (χ1) is 12.1. The first kappa shape index (κ1) is 18.4. The van der Waals surface area contributed by atoms with Crippen LogP contribution in [0.1, 0.15) is 16.1 Å². The molecule has 11 heteroatoms. The van der Waals surface area contributed by atoms with Crippen LogP contribution >= 0.6 is 15.9 Å². The van der Waals surface area contributed by atoms with Gasteiger partial charge < -0.3 is 4.40 Å². The number of carbonyl (C=O) groups is 1. The molecule has 1 amide bonds. The zero-order chi connectivity index (χ0) is 19.1. The second-order valence-corrected chi connectivity index (χ2v) is 7.72. The second kappa shape index (κ2) is 6.40. The molecule has 2 aromatic heterocycles. The lowest BCUT2D eigenvalue weighted by Gasteiger charge is -2.07. The summed E-state index contributed by atoms with van der Waals surface area (Å²) in [5, 5.41) is 0. The molecule has 0 aliphatic carbocycles. The summed E-state index contributed by atoms with van der Waals surface area (Å²) in [6.07, 6.45) is -2.80. The minimum Gasteiger partial charge on any atom is -0.305 e. The van der Waals surface area contributed by atoms with Crippen LogP contribution in [0.3, 0.4) is 0 Å². The number of carbonyl (C=O) groups excluding carboxylic acids is 1. The van der Waals surface area contributed by atoms with Gasteiger partial charge in [-0.05, 0) is 34.1 Å². The van der Waals surface area contributed by atoms with Crippen molar-refractivity contribution in [3.05, 3.63) is 64.5 Å². The highest BCUT2D eigenvalue weighted by Gasteiger charge is 2.32. The van der Waals surface area contributed by atoms with Gasteiger partial charge in [0.1, 0.15) is 5.69 Å². The Hall–Kier alpha value is -2.40. The molecule has 0 aliphatic rings. The van der Waals surface area contributed by atoms with Crippen LogP contribution in [0.25, 0.3) is 5.65 Å². The van der Waals surface area contributed by atoms with E-state index in [1.807, 2.05) is 4.72 Å². The van der Waals surface area contributed by atoms with Gasteiger partial charge in [-0.2, -0.15) is 13.2 Å². The molecule has 0 saturated heterocycles. The number of pyridine rings is 1. The predicted octanol–water partition coefficient (Wildman–Crippen LogP) is 3.23. The third kappa shape index (κ3) is 3.58. The van der Waals surface area contributed by atoms with E-state index < -0.39 is 27.7 Å². The standard InChI is InChI=1S/C15H9BrF3N3O3S/c16-11-6-9(15(17,18)19)7-22-8-12(20-13(11)22)14(23)21-26(24,25)10-4-2-1-3-5-10/h1-8H,(H,21,23). The molecule has 3 aromatic rings. The van der Waals surface area contributed by atoms with Crippen molar-refractivity contribution in [3.8, 4) is 0 Å². The molecule has 0 fully saturated rings. The maximum absolute atomic E-state index is 12.9. The Labute approximate surface area is 153 Å². The molecule has 0 spiro atoms. The van der Waals surface area contributed by atoms with Gasteiger partial charge in [0.05, 0.1) is 14.9 Å². The SMILES string of the molecule is O=C(NS(=O)(=O)c1ccccc1)c1cn2cc(C(F)(F)F)cc(Br)c2n1. The lowest BCUT2D eigenvalue weighted by atomic mass is 10.3. The molecular formula is C15H9BrF3N3O3S. The third-order valence-corrected chi connectivity index (χ3v) is 5.28. The van der Waals surface area contributed by atoms with Gasteiger partial charge in [0.2, 0.25) is 0 Å². The van der Waals surface area contributed by atoms with Crippen molar-refractivity contribution in [1.29, 1.82) is 0 Å². The second-order valence-electron chi connectivity index (χ2n) is 5.18. The molecule has 1 N–H and O–H groups in total. The number of nitrogens with zero attached hydrogens (tertiary/aromatic N) is 2. The molecule has 3 rings (SSSR count). The van der Waals surface area contributed by atoms with Gasteiger partial charge in [0, 0.05) is 12.4 Å². The zero-order valence-corrected chi connectivity index (χ0v) is 15.1. The van der Waals surface area contributed by atoms with Crippen molar-refractivity contribution < 1.29 is 26.4 Å². The van der Waals surface area contributed by atoms with Gasteiger partial charge >= 0.3 is 6.18 Å². The molecule has 0 unspecified atom stereocenters. The van der Waals surface area contributed by atoms with Crippen molar-refractivity contribution >= 4 is 37.5 Å². The predicted molar refractivity (Wildman–Crippen MR) is 89.0 cm³/mol. The number of benzene rings is 1. The van der Waals surface area contributed by atoms with E-state index in [1.54, 1.807) is 6.07 Å². The number of alkyl halides is 3. The van der Waals surface area contributed by atoms with Crippen LogP contribution < -0.4 is 4.72 Å². The molecule has 6 nitrogen and oxygen atoms in total. The first-order valence-electron chi connectivity index (χ1n) is 6.95. The maximum atomic E-state index is 12.9. The Balaban J connectivity index is 1.96. The smallest absolute Gasteiger partial charge is 0.305 e. The summed E-state index contributed by atoms with van der Waals surface area (Å²) in [5.41, 5.74) is -1.25. The Morgan fingerprint density at radius 2 is 1.81 bits per heavy atom. The zero-order valence-electron chi connectivity index (χ0n) is 12.7. The van der Waals surface area contributed by atoms with Crippen LogP contribution in [-0.4, -0.2) is 23.7 Å². The molecule has 0 atom stereocenters. The fraction of sp³-hybridized carbons (Fsp3) is 0.0667. The molecule has 0 saturated carbocycles. The van der Waals surface area contributed by atoms with Crippen molar-refractivity contribution in [2.24, 2.45) is 0 Å². The summed E-state index contributed by atoms with van der Waals surface area (Å²) in [4.78, 5) is 16.0. The van der Waals surface area contributed by atoms with Gasteiger partial charge in [-0.15, -0.1) is 0 Å². The summed E-state index contributed by atoms with van der Waals surface area (Å²) >= 11 is 2.97. The van der Waals surface area contributed by atoms with E-state index in [1.165, 1.54) is 24.3 Å². The number of aromatic nitrogens is 2. The van der Waals surface area contributed by atoms with Gasteiger partial charge in [0.25, 0.3) is 15.9 Å². The van der Waals surface area contributed by atoms with Gasteiger partial charge in [-0.3, -0.25) is 4.79 Å². The summed E-state index contributed by atoms with van der Waals surface area (Å²) < 4.78 is 65.7. The van der Waals surface area contributed by atoms with E-state index in [0.29, 0.717) is 0 Å². The van der Waals surface area contributed by atoms with Crippen LogP contribution in [0.5, 0.6) is 0 Å². The normalized spacial score (nSPS) is 12.3. The topological polar surface area (TPSA) is 80.5 Å². The van der Waals surface area contributed by atoms with E-state index in [2.05, 4.69) is 20.9 Å². The number of rotatable bonds is 3. The highest BCUT2D eigenvalue weighted by atomic mass is 79.9. The van der Waals surface area contributed by atoms with E-state index in [4.69, 9.17) is 0 Å². The monoisotopic (exact) mass is 447 g/mol. The number of amides is 1. The van der Waals surface area contributed by atoms with E-state index >= 15 is 0 Å². The lowest BCUT2D eigenvalue weighted by molar-refractivity contribution is -0.137. The van der Waals surface area contributed by atoms with Crippen molar-refractivity contribution in [2.45, 2.75) is 11.1 Å². The first-order valence-corrected chi connectivity index (χ1v) is 9.23. The lowest BCUT2D eigenvalue weighted by Crippen LogP contribution is -2.30. The Morgan fingerprint density at radius 1 is 1.15 bits per heavy atom. The minimum atomic E-state index is -4.58. The molecule has 0 radical (unpaired) electrons. The molecule has 1 aromatic carbocycles. The fourth-order valence-corrected chi connectivity index (χ4v) is 3.68. The Morgan fingerprint density at radius 3 is 2.42 bits per heavy atom. The number of hydrogen-bond acceptors (Lipinski definition) is 4. The Bertz CT molecular complexity index is 1100. The van der Waals surface area contributed by atoms with Crippen molar-refractivity contribution in [3.63, 3.8) is 0 Å². The Kier molecular flexibility index (Phi) is 4.53. The number of halogens is 4. The van der Waals surface area contributed by atoms with Crippen LogP contribution in [0.4, 0.5) is 13.2 Å². The maximum Gasteiger partial charge on any atom is 0.417 e. The van der Waals surface area contributed by atoms with Crippen LogP contribution in [0, 0.1) is 0 Å². The van der Waals surface area contributed by atoms with Crippen LogP contribution in [-0.2, 0) is 16.2 Å². The molecular weight excluding hydrogens is 439 g/mol. The molecule has 2 heterocycles. The van der Waals surface area contributed by atoms with Crippen LogP contribution in [0.2, 0.25) is 0 Å². The number of sulfonamides is 1. The van der Waals surface area contributed by atoms with Gasteiger partial charge in [-0.25, -0.2) is 18.1 Å². The number of nitrogens with one attached hydrogen (secondary N) is 1. The van der Waals surface area contributed by atoms with E-state index in [9.17, 15) is 26.4 Å². The summed E-state index contributed by atoms with van der Waals surface area (Å²) in [5.74, 6) is -1.06. The van der Waals surface area contributed by atoms with Gasteiger partial charge in [-0.1, -0.05) is 18.2 Å². The van der Waals surface area contributed by atoms with Gasteiger partial charge in [0.15, 0.2) is 5.65 Å². The van der Waals surface area contributed by atoms with E-state index in [0.717, 1.165) is 22.9 Å². The fourth-order valence-electron chi connectivity index (χ4n) is 2.15. The highest BCUT2D eigenvalue weighted by molar-refractivity contribution is 9.10. The summed E-state index contributed by atoms with van der Waals surface area (Å²) in [7, 11) is -4.13. The number of fused-ring (bicyclic) bond motifs is 1. The minimum absolute atomic E-state index is 0.0114. The molecule has 0 aliphatic heterocycles. The van der Waals surface area contributed by atoms with Crippen molar-refractivity contribution in [1.82, 2.24) is 14.1 Å². The molecule has 0 bridgehead atoms.